The molecule has 0 saturated carbocycles. The molecule has 0 saturated heterocycles. The molecule has 0 fully saturated rings. The lowest BCUT2D eigenvalue weighted by atomic mass is 10.2. The number of pyridine rings is 2. The van der Waals surface area contributed by atoms with E-state index in [1.165, 1.54) is 47.0 Å². The molecule has 8 nitrogen and oxygen atoms in total. The van der Waals surface area contributed by atoms with Crippen LogP contribution in [0.3, 0.4) is 0 Å². The van der Waals surface area contributed by atoms with Crippen molar-refractivity contribution in [3.63, 3.8) is 0 Å². The van der Waals surface area contributed by atoms with E-state index < -0.39 is 23.1 Å². The summed E-state index contributed by atoms with van der Waals surface area (Å²) in [4.78, 5) is 32.9. The van der Waals surface area contributed by atoms with Crippen molar-refractivity contribution in [2.45, 2.75) is 26.2 Å². The van der Waals surface area contributed by atoms with Crippen LogP contribution >= 0.6 is 11.6 Å². The predicted octanol–water partition coefficient (Wildman–Crippen LogP) is 6.38. The third-order valence-corrected chi connectivity index (χ3v) is 7.02. The number of hydrogen-bond acceptors (Lipinski definition) is 6. The molecule has 5 rings (SSSR count). The van der Waals surface area contributed by atoms with Crippen LogP contribution in [-0.2, 0) is 6.42 Å². The second-order valence-corrected chi connectivity index (χ2v) is 9.89. The van der Waals surface area contributed by atoms with Gasteiger partial charge in [0.15, 0.2) is 23.1 Å². The van der Waals surface area contributed by atoms with Crippen LogP contribution in [0.25, 0.3) is 5.69 Å². The maximum absolute atomic E-state index is 15.0. The van der Waals surface area contributed by atoms with Crippen molar-refractivity contribution in [2.24, 2.45) is 0 Å². The Morgan fingerprint density at radius 2 is 1.90 bits per heavy atom. The highest BCUT2D eigenvalue weighted by molar-refractivity contribution is 6.32. The van der Waals surface area contributed by atoms with E-state index in [2.05, 4.69) is 17.2 Å². The molecule has 3 heterocycles. The summed E-state index contributed by atoms with van der Waals surface area (Å²) >= 11 is 6.42. The van der Waals surface area contributed by atoms with Gasteiger partial charge < -0.3 is 19.7 Å². The number of benzene rings is 2. The summed E-state index contributed by atoms with van der Waals surface area (Å²) in [5.74, 6) is -1.06. The van der Waals surface area contributed by atoms with Gasteiger partial charge in [-0.2, -0.15) is 0 Å². The topological polar surface area (TPSA) is 85.7 Å². The van der Waals surface area contributed by atoms with Crippen LogP contribution in [0.1, 0.15) is 35.8 Å². The van der Waals surface area contributed by atoms with E-state index in [-0.39, 0.29) is 22.7 Å². The zero-order valence-electron chi connectivity index (χ0n) is 22.4. The average molecular weight is 581 g/mol. The van der Waals surface area contributed by atoms with E-state index in [4.69, 9.17) is 21.1 Å². The Balaban J connectivity index is 1.42. The fourth-order valence-electron chi connectivity index (χ4n) is 4.48. The van der Waals surface area contributed by atoms with Gasteiger partial charge in [-0.3, -0.25) is 19.1 Å². The molecule has 2 aromatic carbocycles. The molecule has 1 N–H and O–H groups in total. The molecule has 212 valence electrons. The van der Waals surface area contributed by atoms with E-state index in [0.29, 0.717) is 47.5 Å². The Labute approximate surface area is 240 Å². The smallest absolute Gasteiger partial charge is 0.269 e. The number of carbonyl (C=O) groups is 1. The van der Waals surface area contributed by atoms with Gasteiger partial charge >= 0.3 is 0 Å². The molecule has 11 heteroatoms. The number of carbonyl (C=O) groups excluding carboxylic acids is 1. The molecule has 41 heavy (non-hydrogen) atoms. The molecule has 1 aliphatic heterocycles. The van der Waals surface area contributed by atoms with Crippen molar-refractivity contribution in [3.8, 4) is 22.9 Å². The zero-order valence-corrected chi connectivity index (χ0v) is 23.2. The Morgan fingerprint density at radius 1 is 1.12 bits per heavy atom. The summed E-state index contributed by atoms with van der Waals surface area (Å²) in [6.07, 6.45) is 4.10. The minimum Gasteiger partial charge on any atom is -0.488 e. The summed E-state index contributed by atoms with van der Waals surface area (Å²) in [6, 6.07) is 12.1. The third-order valence-electron chi connectivity index (χ3n) is 6.62. The minimum atomic E-state index is -0.767. The number of likely N-dealkylation sites (N-methyl/N-ethyl adjacent to an activating group) is 1. The zero-order chi connectivity index (χ0) is 29.1. The van der Waals surface area contributed by atoms with Gasteiger partial charge in [0, 0.05) is 37.1 Å². The molecule has 0 radical (unpaired) electrons. The van der Waals surface area contributed by atoms with Crippen molar-refractivity contribution in [1.82, 2.24) is 9.55 Å². The first-order valence-electron chi connectivity index (χ1n) is 13.1. The first-order valence-corrected chi connectivity index (χ1v) is 13.5. The van der Waals surface area contributed by atoms with Gasteiger partial charge in [-0.1, -0.05) is 24.9 Å². The summed E-state index contributed by atoms with van der Waals surface area (Å²) in [5.41, 5.74) is 0.263. The van der Waals surface area contributed by atoms with Gasteiger partial charge in [-0.25, -0.2) is 8.78 Å². The summed E-state index contributed by atoms with van der Waals surface area (Å²) in [5, 5.41) is 2.88. The van der Waals surface area contributed by atoms with Gasteiger partial charge in [-0.05, 0) is 49.2 Å². The Kier molecular flexibility index (Phi) is 8.21. The van der Waals surface area contributed by atoms with Crippen molar-refractivity contribution >= 4 is 29.0 Å². The van der Waals surface area contributed by atoms with Crippen LogP contribution < -0.4 is 25.2 Å². The monoisotopic (exact) mass is 580 g/mol. The SMILES string of the molecule is CCCCc1nccc(Oc2ccc(NC(=O)c3cc4c(n(-c5ccc(F)cc5)c3=O)N(C)CCO4)cc2F)c1Cl. The number of halogens is 3. The molecule has 0 aliphatic carbocycles. The number of fused-ring (bicyclic) bond motifs is 1. The minimum absolute atomic E-state index is 0.0959. The van der Waals surface area contributed by atoms with E-state index in [1.54, 1.807) is 19.3 Å². The fraction of sp³-hybridized carbons (Fsp3) is 0.233. The highest BCUT2D eigenvalue weighted by Gasteiger charge is 2.26. The van der Waals surface area contributed by atoms with Crippen LogP contribution in [0.2, 0.25) is 5.02 Å². The molecule has 0 bridgehead atoms. The van der Waals surface area contributed by atoms with Crippen LogP contribution in [-0.4, -0.2) is 35.7 Å². The number of rotatable bonds is 8. The van der Waals surface area contributed by atoms with E-state index in [0.717, 1.165) is 18.9 Å². The molecular weight excluding hydrogens is 554 g/mol. The van der Waals surface area contributed by atoms with Gasteiger partial charge in [0.1, 0.15) is 28.8 Å². The van der Waals surface area contributed by atoms with Crippen LogP contribution in [0.15, 0.2) is 65.6 Å². The number of amides is 1. The highest BCUT2D eigenvalue weighted by Crippen LogP contribution is 2.35. The van der Waals surface area contributed by atoms with E-state index >= 15 is 4.39 Å². The largest absolute Gasteiger partial charge is 0.488 e. The number of nitrogens with zero attached hydrogens (tertiary/aromatic N) is 3. The Hall–Kier alpha value is -4.44. The molecular formula is C30H27ClF2N4O4. The Morgan fingerprint density at radius 3 is 2.63 bits per heavy atom. The quantitative estimate of drug-likeness (QED) is 0.260. The van der Waals surface area contributed by atoms with E-state index in [9.17, 15) is 14.0 Å². The van der Waals surface area contributed by atoms with Crippen LogP contribution in [0, 0.1) is 11.6 Å². The van der Waals surface area contributed by atoms with Crippen LogP contribution in [0.5, 0.6) is 17.2 Å². The second kappa shape index (κ2) is 12.0. The summed E-state index contributed by atoms with van der Waals surface area (Å²) in [7, 11) is 1.79. The first-order chi connectivity index (χ1) is 19.8. The third kappa shape index (κ3) is 5.88. The van der Waals surface area contributed by atoms with E-state index in [1.807, 2.05) is 4.90 Å². The van der Waals surface area contributed by atoms with Crippen LogP contribution in [0.4, 0.5) is 20.3 Å². The number of anilines is 2. The summed E-state index contributed by atoms with van der Waals surface area (Å²) in [6.45, 7) is 2.92. The molecule has 2 aromatic heterocycles. The molecule has 0 atom stereocenters. The standard InChI is InChI=1S/C30H27ClF2N4O4/c1-3-4-5-23-27(31)25(12-13-34-23)41-24-11-8-19(16-22(24)33)35-28(38)21-17-26-29(36(2)14-15-40-26)37(30(21)39)20-9-6-18(32)7-10-20/h6-13,16-17H,3-5,14-15H2,1-2H3,(H,35,38). The molecule has 0 unspecified atom stereocenters. The average Bonchev–Trinajstić information content (AvgIpc) is 2.95. The number of unbranched alkanes of at least 4 members (excludes halogenated alkanes) is 1. The summed E-state index contributed by atoms with van der Waals surface area (Å²) < 4.78 is 41.4. The van der Waals surface area contributed by atoms with Crippen molar-refractivity contribution in [3.05, 3.63) is 99.1 Å². The lowest BCUT2D eigenvalue weighted by molar-refractivity contribution is 0.102. The van der Waals surface area contributed by atoms with Crippen molar-refractivity contribution in [2.75, 3.05) is 30.4 Å². The molecule has 1 aliphatic rings. The Bertz CT molecular complexity index is 1660. The van der Waals surface area contributed by atoms with Gasteiger partial charge in [-0.15, -0.1) is 0 Å². The fourth-order valence-corrected chi connectivity index (χ4v) is 4.73. The number of ether oxygens (including phenoxy) is 2. The number of hydrogen-bond donors (Lipinski definition) is 1. The number of nitrogens with one attached hydrogen (secondary N) is 1. The van der Waals surface area contributed by atoms with Crippen molar-refractivity contribution in [1.29, 1.82) is 0 Å². The molecule has 4 aromatic rings. The van der Waals surface area contributed by atoms with Crippen molar-refractivity contribution < 1.29 is 23.0 Å². The maximum Gasteiger partial charge on any atom is 0.269 e. The molecule has 1 amide bonds. The number of aromatic nitrogens is 2. The van der Waals surface area contributed by atoms with Gasteiger partial charge in [0.05, 0.1) is 17.9 Å². The second-order valence-electron chi connectivity index (χ2n) is 9.51. The van der Waals surface area contributed by atoms with Gasteiger partial charge in [0.25, 0.3) is 11.5 Å². The van der Waals surface area contributed by atoms with Gasteiger partial charge in [0.2, 0.25) is 0 Å². The first kappa shape index (κ1) is 28.1. The highest BCUT2D eigenvalue weighted by atomic mass is 35.5. The number of aryl methyl sites for hydroxylation is 1. The maximum atomic E-state index is 15.0. The predicted molar refractivity (Wildman–Crippen MR) is 153 cm³/mol. The lowest BCUT2D eigenvalue weighted by Gasteiger charge is -2.30. The molecule has 0 spiro atoms. The normalized spacial score (nSPS) is 12.5. The lowest BCUT2D eigenvalue weighted by Crippen LogP contribution is -2.37.